The lowest BCUT2D eigenvalue weighted by molar-refractivity contribution is -0.135. The zero-order valence-electron chi connectivity index (χ0n) is 20.8. The van der Waals surface area contributed by atoms with Crippen LogP contribution >= 0.6 is 0 Å². The number of nitrogens with zero attached hydrogens (tertiary/aromatic N) is 4. The number of anilines is 1. The number of rotatable bonds is 7. The zero-order chi connectivity index (χ0) is 23.9. The van der Waals surface area contributed by atoms with Crippen LogP contribution in [0.1, 0.15) is 81.2 Å². The summed E-state index contributed by atoms with van der Waals surface area (Å²) >= 11 is 0. The summed E-state index contributed by atoms with van der Waals surface area (Å²) < 4.78 is 2.25. The Bertz CT molecular complexity index is 1050. The molecule has 4 rings (SSSR count). The molecule has 0 radical (unpaired) electrons. The van der Waals surface area contributed by atoms with E-state index in [4.69, 9.17) is 0 Å². The number of likely N-dealkylation sites (tertiary alicyclic amines) is 1. The molecule has 7 nitrogen and oxygen atoms in total. The zero-order valence-corrected chi connectivity index (χ0v) is 20.8. The van der Waals surface area contributed by atoms with Gasteiger partial charge in [-0.25, -0.2) is 0 Å². The van der Waals surface area contributed by atoms with Gasteiger partial charge in [0.25, 0.3) is 0 Å². The van der Waals surface area contributed by atoms with E-state index >= 15 is 0 Å². The average molecular weight is 452 g/mol. The van der Waals surface area contributed by atoms with Crippen molar-refractivity contribution in [2.45, 2.75) is 78.7 Å². The first kappa shape index (κ1) is 23.5. The summed E-state index contributed by atoms with van der Waals surface area (Å²) in [6.07, 6.45) is 5.25. The summed E-state index contributed by atoms with van der Waals surface area (Å²) in [5.74, 6) is 0.286. The molecule has 2 heterocycles. The van der Waals surface area contributed by atoms with Crippen molar-refractivity contribution in [1.82, 2.24) is 19.7 Å². The molecule has 1 aromatic heterocycles. The van der Waals surface area contributed by atoms with Crippen molar-refractivity contribution >= 4 is 17.5 Å². The Morgan fingerprint density at radius 2 is 1.91 bits per heavy atom. The minimum Gasteiger partial charge on any atom is -0.344 e. The van der Waals surface area contributed by atoms with Crippen molar-refractivity contribution in [1.29, 1.82) is 0 Å². The maximum atomic E-state index is 13.4. The number of carbonyl (C=O) groups is 2. The van der Waals surface area contributed by atoms with E-state index < -0.39 is 5.92 Å². The van der Waals surface area contributed by atoms with E-state index in [0.717, 1.165) is 60.6 Å². The molecule has 2 aromatic rings. The Labute approximate surface area is 197 Å². The predicted molar refractivity (Wildman–Crippen MR) is 129 cm³/mol. The molecule has 0 spiro atoms. The third-order valence-corrected chi connectivity index (χ3v) is 6.80. The van der Waals surface area contributed by atoms with Crippen molar-refractivity contribution in [3.63, 3.8) is 0 Å². The minimum atomic E-state index is -0.792. The molecule has 1 aromatic carbocycles. The van der Waals surface area contributed by atoms with Crippen LogP contribution in [0.25, 0.3) is 0 Å². The van der Waals surface area contributed by atoms with Gasteiger partial charge in [0.2, 0.25) is 11.8 Å². The molecular weight excluding hydrogens is 414 g/mol. The molecule has 178 valence electrons. The van der Waals surface area contributed by atoms with Gasteiger partial charge in [0.15, 0.2) is 0 Å². The van der Waals surface area contributed by atoms with Gasteiger partial charge in [-0.1, -0.05) is 38.5 Å². The fourth-order valence-corrected chi connectivity index (χ4v) is 4.86. The highest BCUT2D eigenvalue weighted by Crippen LogP contribution is 2.41. The molecule has 2 aliphatic rings. The molecule has 1 N–H and O–H groups in total. The maximum Gasteiger partial charge on any atom is 0.237 e. The van der Waals surface area contributed by atoms with Crippen LogP contribution in [-0.2, 0) is 16.0 Å². The molecular formula is C26H37N5O2. The summed E-state index contributed by atoms with van der Waals surface area (Å²) in [5, 5.41) is 12.1. The number of hydrogen-bond donors (Lipinski definition) is 1. The highest BCUT2D eigenvalue weighted by atomic mass is 16.2. The Morgan fingerprint density at radius 3 is 2.55 bits per heavy atom. The van der Waals surface area contributed by atoms with Crippen molar-refractivity contribution < 1.29 is 9.59 Å². The van der Waals surface area contributed by atoms with Gasteiger partial charge in [0.1, 0.15) is 17.6 Å². The number of likely N-dealkylation sites (N-methyl/N-ethyl adjacent to an activating group) is 1. The third kappa shape index (κ3) is 5.12. The Kier molecular flexibility index (Phi) is 6.34. The molecule has 33 heavy (non-hydrogen) atoms. The van der Waals surface area contributed by atoms with Crippen molar-refractivity contribution in [3.05, 3.63) is 41.0 Å². The molecule has 1 aliphatic heterocycles. The highest BCUT2D eigenvalue weighted by Gasteiger charge is 2.48. The SMILES string of the molecule is Cc1ccc(NC(=O)[C@@H]2C(=O)N(C)C[C@H]2c2nnc(CCCC(C)(C)C)n2C2CC2)c(C)c1. The topological polar surface area (TPSA) is 80.1 Å². The second kappa shape index (κ2) is 8.92. The van der Waals surface area contributed by atoms with Gasteiger partial charge in [-0.3, -0.25) is 9.59 Å². The second-order valence-electron chi connectivity index (χ2n) is 11.1. The van der Waals surface area contributed by atoms with E-state index in [-0.39, 0.29) is 23.1 Å². The standard InChI is InChI=1S/C26H37N5O2/c1-16-9-12-20(17(2)14-16)27-24(32)22-19(15-30(6)25(22)33)23-29-28-21(31(23)18-10-11-18)8-7-13-26(3,4)5/h9,12,14,18-19,22H,7-8,10-11,13,15H2,1-6H3,(H,27,32)/t19-,22-/m1/s1. The number of aromatic nitrogens is 3. The summed E-state index contributed by atoms with van der Waals surface area (Å²) in [4.78, 5) is 28.1. The van der Waals surface area contributed by atoms with Crippen LogP contribution in [0.15, 0.2) is 18.2 Å². The molecule has 2 amide bonds. The van der Waals surface area contributed by atoms with Crippen LogP contribution < -0.4 is 5.32 Å². The second-order valence-corrected chi connectivity index (χ2v) is 11.1. The highest BCUT2D eigenvalue weighted by molar-refractivity contribution is 6.08. The number of aryl methyl sites for hydroxylation is 3. The van der Waals surface area contributed by atoms with Crippen molar-refractivity contribution in [2.75, 3.05) is 18.9 Å². The largest absolute Gasteiger partial charge is 0.344 e. The normalized spacial score (nSPS) is 21.0. The quantitative estimate of drug-likeness (QED) is 0.633. The number of amides is 2. The summed E-state index contributed by atoms with van der Waals surface area (Å²) in [5.41, 5.74) is 3.15. The first-order valence-corrected chi connectivity index (χ1v) is 12.1. The smallest absolute Gasteiger partial charge is 0.237 e. The van der Waals surface area contributed by atoms with E-state index in [0.29, 0.717) is 12.6 Å². The van der Waals surface area contributed by atoms with Gasteiger partial charge in [-0.2, -0.15) is 0 Å². The lowest BCUT2D eigenvalue weighted by atomic mass is 9.90. The Balaban J connectivity index is 1.59. The first-order chi connectivity index (χ1) is 15.5. The molecule has 1 aliphatic carbocycles. The molecule has 0 bridgehead atoms. The monoisotopic (exact) mass is 451 g/mol. The Morgan fingerprint density at radius 1 is 1.18 bits per heavy atom. The summed E-state index contributed by atoms with van der Waals surface area (Å²) in [6, 6.07) is 6.30. The van der Waals surface area contributed by atoms with Gasteiger partial charge >= 0.3 is 0 Å². The fourth-order valence-electron chi connectivity index (χ4n) is 4.86. The molecule has 2 fully saturated rings. The van der Waals surface area contributed by atoms with Crippen molar-refractivity contribution in [2.24, 2.45) is 11.3 Å². The molecule has 1 saturated heterocycles. The lowest BCUT2D eigenvalue weighted by Crippen LogP contribution is -2.33. The van der Waals surface area contributed by atoms with E-state index in [1.54, 1.807) is 11.9 Å². The van der Waals surface area contributed by atoms with Gasteiger partial charge in [0.05, 0.1) is 5.92 Å². The number of nitrogens with one attached hydrogen (secondary N) is 1. The predicted octanol–water partition coefficient (Wildman–Crippen LogP) is 4.41. The van der Waals surface area contributed by atoms with E-state index in [9.17, 15) is 9.59 Å². The lowest BCUT2D eigenvalue weighted by Gasteiger charge is -2.19. The van der Waals surface area contributed by atoms with Crippen molar-refractivity contribution in [3.8, 4) is 0 Å². The van der Waals surface area contributed by atoms with E-state index in [1.165, 1.54) is 0 Å². The van der Waals surface area contributed by atoms with Gasteiger partial charge < -0.3 is 14.8 Å². The van der Waals surface area contributed by atoms with Gasteiger partial charge in [-0.15, -0.1) is 10.2 Å². The first-order valence-electron chi connectivity index (χ1n) is 12.1. The van der Waals surface area contributed by atoms with Crippen LogP contribution in [-0.4, -0.2) is 45.1 Å². The Hall–Kier alpha value is -2.70. The van der Waals surface area contributed by atoms with Gasteiger partial charge in [-0.05, 0) is 56.6 Å². The molecule has 0 unspecified atom stereocenters. The summed E-state index contributed by atoms with van der Waals surface area (Å²) in [6.45, 7) is 11.2. The van der Waals surface area contributed by atoms with Crippen LogP contribution in [0, 0.1) is 25.2 Å². The summed E-state index contributed by atoms with van der Waals surface area (Å²) in [7, 11) is 1.77. The molecule has 2 atom stereocenters. The number of carbonyl (C=O) groups excluding carboxylic acids is 2. The minimum absolute atomic E-state index is 0.151. The molecule has 7 heteroatoms. The van der Waals surface area contributed by atoms with Crippen LogP contribution in [0.2, 0.25) is 0 Å². The fraction of sp³-hybridized carbons (Fsp3) is 0.615. The molecule has 1 saturated carbocycles. The third-order valence-electron chi connectivity index (χ3n) is 6.80. The van der Waals surface area contributed by atoms with E-state index in [1.807, 2.05) is 32.0 Å². The van der Waals surface area contributed by atoms with Crippen LogP contribution in [0.3, 0.4) is 0 Å². The van der Waals surface area contributed by atoms with Gasteiger partial charge in [0, 0.05) is 31.7 Å². The average Bonchev–Trinajstić information content (AvgIpc) is 3.40. The maximum absolute atomic E-state index is 13.4. The number of hydrogen-bond acceptors (Lipinski definition) is 4. The van der Waals surface area contributed by atoms with Crippen LogP contribution in [0.5, 0.6) is 0 Å². The number of benzene rings is 1. The van der Waals surface area contributed by atoms with Crippen LogP contribution in [0.4, 0.5) is 5.69 Å². The van der Waals surface area contributed by atoms with E-state index in [2.05, 4.69) is 40.9 Å².